The Hall–Kier alpha value is -1.61. The zero-order chi connectivity index (χ0) is 23.6. The molecule has 1 saturated heterocycles. The lowest BCUT2D eigenvalue weighted by molar-refractivity contribution is -0.134. The molecule has 1 N–H and O–H groups in total. The van der Waals surface area contributed by atoms with E-state index in [1.807, 2.05) is 24.3 Å². The van der Waals surface area contributed by atoms with Crippen LogP contribution in [0.15, 0.2) is 45.8 Å². The molecule has 2 aromatic carbocycles. The first kappa shape index (κ1) is 24.5. The summed E-state index contributed by atoms with van der Waals surface area (Å²) in [6, 6.07) is 9.94. The average molecular weight is 556 g/mol. The topological polar surface area (TPSA) is 75.7 Å². The van der Waals surface area contributed by atoms with Gasteiger partial charge in [0.25, 0.3) is 0 Å². The summed E-state index contributed by atoms with van der Waals surface area (Å²) in [6.45, 7) is 3.89. The van der Waals surface area contributed by atoms with Gasteiger partial charge in [0.1, 0.15) is 16.7 Å². The number of aryl methyl sites for hydroxylation is 1. The van der Waals surface area contributed by atoms with Crippen molar-refractivity contribution in [2.24, 2.45) is 5.92 Å². The highest BCUT2D eigenvalue weighted by atomic mass is 79.9. The van der Waals surface area contributed by atoms with Gasteiger partial charge < -0.3 is 9.64 Å². The minimum absolute atomic E-state index is 0.0622. The smallest absolute Gasteiger partial charge is 0.245 e. The van der Waals surface area contributed by atoms with Gasteiger partial charge in [0.2, 0.25) is 15.9 Å². The number of nitrogens with one attached hydrogen (secondary N) is 1. The SMILES string of the molecule is CC1CCN(C(=O)C(CCc2ccccc2Cl)NS(=O)(=O)c2cc(Br)cc3c2OCC3)CC1. The molecule has 1 unspecified atom stereocenters. The molecule has 0 spiro atoms. The van der Waals surface area contributed by atoms with Crippen molar-refractivity contribution in [3.8, 4) is 5.75 Å². The fourth-order valence-corrected chi connectivity index (χ4v) is 6.69. The van der Waals surface area contributed by atoms with Gasteiger partial charge >= 0.3 is 0 Å². The van der Waals surface area contributed by atoms with Crippen LogP contribution in [-0.4, -0.2) is 45.0 Å². The van der Waals surface area contributed by atoms with Crippen molar-refractivity contribution >= 4 is 43.5 Å². The van der Waals surface area contributed by atoms with Gasteiger partial charge in [-0.25, -0.2) is 8.42 Å². The Morgan fingerprint density at radius 1 is 1.27 bits per heavy atom. The Kier molecular flexibility index (Phi) is 7.68. The third-order valence-corrected chi connectivity index (χ3v) is 8.66. The first-order valence-electron chi connectivity index (χ1n) is 11.2. The van der Waals surface area contributed by atoms with Gasteiger partial charge in [-0.05, 0) is 55.4 Å². The quantitative estimate of drug-likeness (QED) is 0.543. The maximum Gasteiger partial charge on any atom is 0.245 e. The minimum atomic E-state index is -4.00. The lowest BCUT2D eigenvalue weighted by Gasteiger charge is -2.33. The van der Waals surface area contributed by atoms with Crippen LogP contribution in [0, 0.1) is 5.92 Å². The van der Waals surface area contributed by atoms with Crippen LogP contribution in [0.3, 0.4) is 0 Å². The number of rotatable bonds is 7. The Balaban J connectivity index is 1.60. The first-order chi connectivity index (χ1) is 15.7. The highest BCUT2D eigenvalue weighted by molar-refractivity contribution is 9.10. The molecule has 6 nitrogen and oxygen atoms in total. The molecule has 1 amide bonds. The summed E-state index contributed by atoms with van der Waals surface area (Å²) in [4.78, 5) is 15.3. The van der Waals surface area contributed by atoms with Crippen molar-refractivity contribution < 1.29 is 17.9 Å². The summed E-state index contributed by atoms with van der Waals surface area (Å²) in [5.74, 6) is 0.744. The Morgan fingerprint density at radius 3 is 2.73 bits per heavy atom. The molecule has 4 rings (SSSR count). The average Bonchev–Trinajstić information content (AvgIpc) is 3.25. The number of hydrogen-bond donors (Lipinski definition) is 1. The second kappa shape index (κ2) is 10.3. The number of likely N-dealkylation sites (tertiary alicyclic amines) is 1. The number of carbonyl (C=O) groups is 1. The summed E-state index contributed by atoms with van der Waals surface area (Å²) in [6.07, 6.45) is 3.28. The fourth-order valence-electron chi connectivity index (χ4n) is 4.37. The molecule has 0 saturated carbocycles. The van der Waals surface area contributed by atoms with Crippen molar-refractivity contribution in [2.45, 2.75) is 50.0 Å². The molecule has 33 heavy (non-hydrogen) atoms. The third-order valence-electron chi connectivity index (χ3n) is 6.35. The second-order valence-electron chi connectivity index (χ2n) is 8.80. The molecule has 2 aliphatic rings. The van der Waals surface area contributed by atoms with Gasteiger partial charge in [-0.1, -0.05) is 52.7 Å². The number of sulfonamides is 1. The lowest BCUT2D eigenvalue weighted by Crippen LogP contribution is -2.50. The Bertz CT molecular complexity index is 1130. The maximum absolute atomic E-state index is 13.5. The Morgan fingerprint density at radius 2 is 2.00 bits per heavy atom. The van der Waals surface area contributed by atoms with E-state index in [-0.39, 0.29) is 10.8 Å². The number of piperidine rings is 1. The monoisotopic (exact) mass is 554 g/mol. The number of nitrogens with zero attached hydrogens (tertiary/aromatic N) is 1. The van der Waals surface area contributed by atoms with E-state index in [1.54, 1.807) is 11.0 Å². The number of hydrogen-bond acceptors (Lipinski definition) is 4. The van der Waals surface area contributed by atoms with Crippen molar-refractivity contribution in [2.75, 3.05) is 19.7 Å². The summed E-state index contributed by atoms with van der Waals surface area (Å²) in [5.41, 5.74) is 1.73. The van der Waals surface area contributed by atoms with E-state index < -0.39 is 16.1 Å². The Labute approximate surface area is 208 Å². The van der Waals surface area contributed by atoms with Crippen LogP contribution in [0.5, 0.6) is 5.75 Å². The highest BCUT2D eigenvalue weighted by Gasteiger charge is 2.33. The molecular formula is C24H28BrClN2O4S. The van der Waals surface area contributed by atoms with E-state index in [1.165, 1.54) is 6.07 Å². The number of fused-ring (bicyclic) bond motifs is 1. The highest BCUT2D eigenvalue weighted by Crippen LogP contribution is 2.36. The van der Waals surface area contributed by atoms with Crippen LogP contribution >= 0.6 is 27.5 Å². The molecule has 0 radical (unpaired) electrons. The van der Waals surface area contributed by atoms with E-state index in [0.717, 1.165) is 24.0 Å². The molecule has 0 bridgehead atoms. The van der Waals surface area contributed by atoms with E-state index in [9.17, 15) is 13.2 Å². The molecule has 0 aliphatic carbocycles. The van der Waals surface area contributed by atoms with Gasteiger partial charge in [0.05, 0.1) is 6.61 Å². The number of ether oxygens (including phenoxy) is 1. The minimum Gasteiger partial charge on any atom is -0.492 e. The van der Waals surface area contributed by atoms with Crippen LogP contribution in [0.2, 0.25) is 5.02 Å². The van der Waals surface area contributed by atoms with E-state index >= 15 is 0 Å². The summed E-state index contributed by atoms with van der Waals surface area (Å²) >= 11 is 9.71. The number of benzene rings is 2. The number of amides is 1. The summed E-state index contributed by atoms with van der Waals surface area (Å²) in [5, 5.41) is 0.608. The van der Waals surface area contributed by atoms with E-state index in [4.69, 9.17) is 16.3 Å². The van der Waals surface area contributed by atoms with Gasteiger partial charge in [0, 0.05) is 34.6 Å². The second-order valence-corrected chi connectivity index (χ2v) is 11.8. The normalized spacial score (nSPS) is 17.5. The fraction of sp³-hybridized carbons (Fsp3) is 0.458. The van der Waals surface area contributed by atoms with Crippen LogP contribution in [0.25, 0.3) is 0 Å². The van der Waals surface area contributed by atoms with Crippen molar-refractivity contribution in [1.29, 1.82) is 0 Å². The van der Waals surface area contributed by atoms with Gasteiger partial charge in [-0.2, -0.15) is 4.72 Å². The van der Waals surface area contributed by atoms with Crippen molar-refractivity contribution in [1.82, 2.24) is 9.62 Å². The largest absolute Gasteiger partial charge is 0.492 e. The summed E-state index contributed by atoms with van der Waals surface area (Å²) in [7, 11) is -4.00. The predicted molar refractivity (Wildman–Crippen MR) is 132 cm³/mol. The van der Waals surface area contributed by atoms with E-state index in [2.05, 4.69) is 27.6 Å². The predicted octanol–water partition coefficient (Wildman–Crippen LogP) is 4.58. The summed E-state index contributed by atoms with van der Waals surface area (Å²) < 4.78 is 35.9. The zero-order valence-corrected chi connectivity index (χ0v) is 21.7. The standard InChI is InChI=1S/C24H28BrClN2O4S/c1-16-8-11-28(12-9-16)24(29)21(7-6-17-4-2-3-5-20(17)26)27-33(30,31)22-15-19(25)14-18-10-13-32-23(18)22/h2-5,14-16,21,27H,6-13H2,1H3. The zero-order valence-electron chi connectivity index (χ0n) is 18.5. The molecular weight excluding hydrogens is 528 g/mol. The molecule has 0 aromatic heterocycles. The first-order valence-corrected chi connectivity index (χ1v) is 13.9. The van der Waals surface area contributed by atoms with Gasteiger partial charge in [0.15, 0.2) is 0 Å². The van der Waals surface area contributed by atoms with Crippen LogP contribution in [0.1, 0.15) is 37.3 Å². The lowest BCUT2D eigenvalue weighted by atomic mass is 9.98. The van der Waals surface area contributed by atoms with Crippen molar-refractivity contribution in [3.63, 3.8) is 0 Å². The van der Waals surface area contributed by atoms with Crippen molar-refractivity contribution in [3.05, 3.63) is 57.0 Å². The molecule has 2 aromatic rings. The van der Waals surface area contributed by atoms with Crippen LogP contribution in [0.4, 0.5) is 0 Å². The maximum atomic E-state index is 13.5. The molecule has 9 heteroatoms. The molecule has 1 atom stereocenters. The number of halogens is 2. The molecule has 2 heterocycles. The van der Waals surface area contributed by atoms with Gasteiger partial charge in [-0.15, -0.1) is 0 Å². The number of carbonyl (C=O) groups excluding carboxylic acids is 1. The van der Waals surface area contributed by atoms with E-state index in [0.29, 0.717) is 60.1 Å². The van der Waals surface area contributed by atoms with Gasteiger partial charge in [-0.3, -0.25) is 4.79 Å². The molecule has 178 valence electrons. The molecule has 1 fully saturated rings. The third kappa shape index (κ3) is 5.73. The van der Waals surface area contributed by atoms with Crippen LogP contribution < -0.4 is 9.46 Å². The van der Waals surface area contributed by atoms with Crippen LogP contribution in [-0.2, 0) is 27.7 Å². The molecule has 2 aliphatic heterocycles.